The van der Waals surface area contributed by atoms with Crippen LogP contribution < -0.4 is 4.72 Å². The first-order valence-electron chi connectivity index (χ1n) is 11.5. The molecule has 33 heavy (non-hydrogen) atoms. The zero-order chi connectivity index (χ0) is 24.0. The van der Waals surface area contributed by atoms with Crippen molar-refractivity contribution in [3.05, 3.63) is 81.9 Å². The number of benzene rings is 2. The van der Waals surface area contributed by atoms with Gasteiger partial charge in [0.05, 0.1) is 10.6 Å². The van der Waals surface area contributed by atoms with E-state index in [1.165, 1.54) is 16.7 Å². The summed E-state index contributed by atoms with van der Waals surface area (Å²) in [5.74, 6) is 0. The maximum Gasteiger partial charge on any atom is 0.147 e. The van der Waals surface area contributed by atoms with Gasteiger partial charge in [0.25, 0.3) is 0 Å². The molecular formula is C27H36N4OS. The highest BCUT2D eigenvalue weighted by Crippen LogP contribution is 2.23. The van der Waals surface area contributed by atoms with Gasteiger partial charge in [-0.1, -0.05) is 55.0 Å². The van der Waals surface area contributed by atoms with E-state index < -0.39 is 11.0 Å². The second-order valence-corrected chi connectivity index (χ2v) is 10.0. The molecule has 0 spiro atoms. The van der Waals surface area contributed by atoms with E-state index in [1.807, 2.05) is 38.1 Å². The first-order valence-corrected chi connectivity index (χ1v) is 12.6. The summed E-state index contributed by atoms with van der Waals surface area (Å²) in [5, 5.41) is 0. The highest BCUT2D eigenvalue weighted by atomic mass is 32.2. The molecule has 2 aromatic rings. The topological polar surface area (TPSA) is 47.9 Å². The molecule has 1 heterocycles. The SMILES string of the molecule is C=N/C(CC)=C(/C)S(=O)Nc1ccc(C(=C)N2CCN(Cc3cc(C)cc(C)c3)CC2)cc1. The van der Waals surface area contributed by atoms with Crippen LogP contribution in [-0.4, -0.2) is 46.9 Å². The van der Waals surface area contributed by atoms with Gasteiger partial charge in [0.1, 0.15) is 11.0 Å². The van der Waals surface area contributed by atoms with Gasteiger partial charge >= 0.3 is 0 Å². The van der Waals surface area contributed by atoms with E-state index in [0.717, 1.165) is 55.4 Å². The van der Waals surface area contributed by atoms with Gasteiger partial charge in [-0.2, -0.15) is 0 Å². The van der Waals surface area contributed by atoms with Crippen LogP contribution in [0.5, 0.6) is 0 Å². The van der Waals surface area contributed by atoms with E-state index >= 15 is 0 Å². The van der Waals surface area contributed by atoms with Crippen LogP contribution in [0.1, 0.15) is 42.5 Å². The highest BCUT2D eigenvalue weighted by Gasteiger charge is 2.19. The molecule has 0 aromatic heterocycles. The average Bonchev–Trinajstić information content (AvgIpc) is 2.79. The van der Waals surface area contributed by atoms with E-state index in [9.17, 15) is 4.21 Å². The number of anilines is 1. The third-order valence-electron chi connectivity index (χ3n) is 6.08. The molecule has 176 valence electrons. The third-order valence-corrected chi connectivity index (χ3v) is 7.29. The molecule has 1 unspecified atom stereocenters. The molecule has 1 fully saturated rings. The Labute approximate surface area is 201 Å². The van der Waals surface area contributed by atoms with Crippen LogP contribution in [0.25, 0.3) is 5.70 Å². The summed E-state index contributed by atoms with van der Waals surface area (Å²) in [5.41, 5.74) is 7.74. The predicted molar refractivity (Wildman–Crippen MR) is 143 cm³/mol. The summed E-state index contributed by atoms with van der Waals surface area (Å²) < 4.78 is 15.6. The van der Waals surface area contributed by atoms with Crippen molar-refractivity contribution in [3.63, 3.8) is 0 Å². The van der Waals surface area contributed by atoms with Crippen LogP contribution in [-0.2, 0) is 17.5 Å². The molecule has 1 N–H and O–H groups in total. The van der Waals surface area contributed by atoms with Crippen LogP contribution in [0.15, 0.2) is 64.6 Å². The van der Waals surface area contributed by atoms with Crippen LogP contribution >= 0.6 is 0 Å². The minimum atomic E-state index is -1.33. The molecule has 0 bridgehead atoms. The lowest BCUT2D eigenvalue weighted by Crippen LogP contribution is -2.44. The molecule has 1 saturated heterocycles. The summed E-state index contributed by atoms with van der Waals surface area (Å²) in [6, 6.07) is 14.8. The summed E-state index contributed by atoms with van der Waals surface area (Å²) in [6.07, 6.45) is 0.708. The summed E-state index contributed by atoms with van der Waals surface area (Å²) in [6.45, 7) is 21.0. The Kier molecular flexibility index (Phi) is 8.64. The molecule has 3 rings (SSSR count). The van der Waals surface area contributed by atoms with Gasteiger partial charge in [0, 0.05) is 44.1 Å². The lowest BCUT2D eigenvalue weighted by atomic mass is 10.1. The van der Waals surface area contributed by atoms with Crippen LogP contribution in [0.3, 0.4) is 0 Å². The maximum absolute atomic E-state index is 12.6. The predicted octanol–water partition coefficient (Wildman–Crippen LogP) is 5.51. The number of aryl methyl sites for hydroxylation is 2. The van der Waals surface area contributed by atoms with Gasteiger partial charge in [-0.15, -0.1) is 0 Å². The fourth-order valence-corrected chi connectivity index (χ4v) is 5.20. The van der Waals surface area contributed by atoms with Crippen LogP contribution in [0.4, 0.5) is 5.69 Å². The van der Waals surface area contributed by atoms with Crippen molar-refractivity contribution in [3.8, 4) is 0 Å². The zero-order valence-electron chi connectivity index (χ0n) is 20.4. The zero-order valence-corrected chi connectivity index (χ0v) is 21.2. The van der Waals surface area contributed by atoms with Gasteiger partial charge in [-0.3, -0.25) is 9.89 Å². The minimum absolute atomic E-state index is 0.708. The Hall–Kier alpha value is -2.70. The summed E-state index contributed by atoms with van der Waals surface area (Å²) in [7, 11) is -1.33. The number of aliphatic imine (C=N–C) groups is 1. The molecule has 0 saturated carbocycles. The number of nitrogens with one attached hydrogen (secondary N) is 1. The van der Waals surface area contributed by atoms with Crippen molar-refractivity contribution >= 4 is 29.1 Å². The molecule has 1 aliphatic rings. The van der Waals surface area contributed by atoms with Crippen molar-refractivity contribution in [2.24, 2.45) is 4.99 Å². The Morgan fingerprint density at radius 2 is 1.67 bits per heavy atom. The van der Waals surface area contributed by atoms with E-state index in [2.05, 4.69) is 64.9 Å². The second kappa shape index (κ2) is 11.4. The largest absolute Gasteiger partial charge is 0.369 e. The van der Waals surface area contributed by atoms with Crippen molar-refractivity contribution in [2.75, 3.05) is 30.9 Å². The minimum Gasteiger partial charge on any atom is -0.369 e. The number of rotatable bonds is 9. The van der Waals surface area contributed by atoms with E-state index in [4.69, 9.17) is 0 Å². The Morgan fingerprint density at radius 3 is 2.21 bits per heavy atom. The van der Waals surface area contributed by atoms with Crippen molar-refractivity contribution in [1.82, 2.24) is 9.80 Å². The molecule has 0 radical (unpaired) electrons. The Bertz CT molecular complexity index is 1030. The fourth-order valence-electron chi connectivity index (χ4n) is 4.27. The van der Waals surface area contributed by atoms with Crippen molar-refractivity contribution < 1.29 is 4.21 Å². The maximum atomic E-state index is 12.6. The molecule has 6 heteroatoms. The van der Waals surface area contributed by atoms with Crippen LogP contribution in [0, 0.1) is 13.8 Å². The molecule has 5 nitrogen and oxygen atoms in total. The van der Waals surface area contributed by atoms with Gasteiger partial charge < -0.3 is 9.62 Å². The highest BCUT2D eigenvalue weighted by molar-refractivity contribution is 7.90. The number of piperazine rings is 1. The number of allylic oxidation sites excluding steroid dienone is 2. The molecular weight excluding hydrogens is 428 g/mol. The Morgan fingerprint density at radius 1 is 1.06 bits per heavy atom. The standard InChI is InChI=1S/C27H36N4OS/c1-7-27(28-6)23(5)33(32)29-26-10-8-25(9-11-26)22(4)31-14-12-30(13-15-31)19-24-17-20(2)16-21(3)18-24/h8-11,16-18,29H,4,6-7,12-15,19H2,1-3,5H3/b27-23-. The normalized spacial score (nSPS) is 16.2. The van der Waals surface area contributed by atoms with Crippen molar-refractivity contribution in [2.45, 2.75) is 40.7 Å². The quantitative estimate of drug-likeness (QED) is 0.498. The molecule has 1 aliphatic heterocycles. The molecule has 1 atom stereocenters. The molecule has 2 aromatic carbocycles. The Balaban J connectivity index is 1.55. The lowest BCUT2D eigenvalue weighted by Gasteiger charge is -2.37. The first kappa shape index (κ1) is 24.9. The fraction of sp³-hybridized carbons (Fsp3) is 0.370. The lowest BCUT2D eigenvalue weighted by molar-refractivity contribution is 0.169. The van der Waals surface area contributed by atoms with Gasteiger partial charge in [0.15, 0.2) is 0 Å². The number of hydrogen-bond acceptors (Lipinski definition) is 4. The number of hydrogen-bond donors (Lipinski definition) is 1. The monoisotopic (exact) mass is 464 g/mol. The molecule has 0 aliphatic carbocycles. The van der Waals surface area contributed by atoms with Gasteiger partial charge in [-0.25, -0.2) is 4.21 Å². The van der Waals surface area contributed by atoms with Gasteiger partial charge in [0.2, 0.25) is 0 Å². The second-order valence-electron chi connectivity index (χ2n) is 8.67. The van der Waals surface area contributed by atoms with E-state index in [0.29, 0.717) is 11.3 Å². The average molecular weight is 465 g/mol. The molecule has 0 amide bonds. The van der Waals surface area contributed by atoms with Gasteiger partial charge in [-0.05, 0) is 57.2 Å². The first-order chi connectivity index (χ1) is 15.8. The van der Waals surface area contributed by atoms with Crippen molar-refractivity contribution in [1.29, 1.82) is 0 Å². The van der Waals surface area contributed by atoms with E-state index in [1.54, 1.807) is 0 Å². The number of nitrogens with zero attached hydrogens (tertiary/aromatic N) is 3. The van der Waals surface area contributed by atoms with E-state index in [-0.39, 0.29) is 0 Å². The summed E-state index contributed by atoms with van der Waals surface area (Å²) in [4.78, 5) is 9.55. The van der Waals surface area contributed by atoms with Crippen LogP contribution in [0.2, 0.25) is 0 Å². The smallest absolute Gasteiger partial charge is 0.147 e. The summed E-state index contributed by atoms with van der Waals surface area (Å²) >= 11 is 0. The third kappa shape index (κ3) is 6.65.